The standard InChI is InChI=1S/C12H12BrN3O2/c1-16-7-9(13)4-10(16)12(18)15-6-8-2-3-11(17)14-5-8/h2-5,7H,6H2,1H3,(H,14,17)(H,15,18). The van der Waals surface area contributed by atoms with Crippen molar-refractivity contribution in [2.45, 2.75) is 6.54 Å². The summed E-state index contributed by atoms with van der Waals surface area (Å²) < 4.78 is 2.60. The Hall–Kier alpha value is -1.82. The zero-order valence-electron chi connectivity index (χ0n) is 9.74. The number of aromatic amines is 1. The average molecular weight is 310 g/mol. The normalized spacial score (nSPS) is 10.3. The van der Waals surface area contributed by atoms with Crippen molar-refractivity contribution in [3.8, 4) is 0 Å². The molecule has 0 aromatic carbocycles. The molecule has 0 aliphatic carbocycles. The third-order valence-corrected chi connectivity index (χ3v) is 2.94. The van der Waals surface area contributed by atoms with E-state index in [0.717, 1.165) is 10.0 Å². The van der Waals surface area contributed by atoms with Gasteiger partial charge in [-0.3, -0.25) is 9.59 Å². The maximum atomic E-state index is 11.9. The number of pyridine rings is 1. The fraction of sp³-hybridized carbons (Fsp3) is 0.167. The number of nitrogens with one attached hydrogen (secondary N) is 2. The first-order valence-electron chi connectivity index (χ1n) is 5.34. The Morgan fingerprint density at radius 2 is 2.28 bits per heavy atom. The third-order valence-electron chi connectivity index (χ3n) is 2.51. The van der Waals surface area contributed by atoms with Crippen LogP contribution in [0.25, 0.3) is 0 Å². The minimum absolute atomic E-state index is 0.156. The number of carbonyl (C=O) groups is 1. The third kappa shape index (κ3) is 2.89. The van der Waals surface area contributed by atoms with Crippen molar-refractivity contribution < 1.29 is 4.79 Å². The molecule has 0 saturated heterocycles. The van der Waals surface area contributed by atoms with E-state index in [4.69, 9.17) is 0 Å². The van der Waals surface area contributed by atoms with Crippen LogP contribution in [-0.2, 0) is 13.6 Å². The molecule has 18 heavy (non-hydrogen) atoms. The molecule has 0 saturated carbocycles. The van der Waals surface area contributed by atoms with Crippen LogP contribution in [0.3, 0.4) is 0 Å². The molecule has 2 heterocycles. The first kappa shape index (κ1) is 12.6. The van der Waals surface area contributed by atoms with Crippen molar-refractivity contribution in [1.82, 2.24) is 14.9 Å². The van der Waals surface area contributed by atoms with Gasteiger partial charge in [-0.1, -0.05) is 6.07 Å². The molecule has 0 atom stereocenters. The number of H-pyrrole nitrogens is 1. The van der Waals surface area contributed by atoms with Crippen LogP contribution < -0.4 is 10.9 Å². The molecule has 1 amide bonds. The van der Waals surface area contributed by atoms with E-state index in [2.05, 4.69) is 26.2 Å². The van der Waals surface area contributed by atoms with Gasteiger partial charge in [0, 0.05) is 36.5 Å². The van der Waals surface area contributed by atoms with E-state index < -0.39 is 0 Å². The Morgan fingerprint density at radius 1 is 1.50 bits per heavy atom. The molecule has 2 N–H and O–H groups in total. The van der Waals surface area contributed by atoms with E-state index in [-0.39, 0.29) is 11.5 Å². The number of rotatable bonds is 3. The summed E-state index contributed by atoms with van der Waals surface area (Å²) in [6.07, 6.45) is 3.40. The van der Waals surface area contributed by atoms with Gasteiger partial charge in [-0.05, 0) is 27.6 Å². The quantitative estimate of drug-likeness (QED) is 0.900. The highest BCUT2D eigenvalue weighted by molar-refractivity contribution is 9.10. The molecule has 0 bridgehead atoms. The van der Waals surface area contributed by atoms with Crippen LogP contribution in [0.15, 0.2) is 39.9 Å². The minimum Gasteiger partial charge on any atom is -0.347 e. The summed E-state index contributed by atoms with van der Waals surface area (Å²) in [5, 5.41) is 2.79. The Labute approximate surface area is 112 Å². The van der Waals surface area contributed by atoms with E-state index in [1.807, 2.05) is 6.20 Å². The number of halogens is 1. The second kappa shape index (κ2) is 5.22. The van der Waals surface area contributed by atoms with E-state index in [9.17, 15) is 9.59 Å². The molecular weight excluding hydrogens is 298 g/mol. The average Bonchev–Trinajstić information content (AvgIpc) is 2.67. The second-order valence-electron chi connectivity index (χ2n) is 3.90. The second-order valence-corrected chi connectivity index (χ2v) is 4.81. The lowest BCUT2D eigenvalue weighted by Crippen LogP contribution is -2.25. The van der Waals surface area contributed by atoms with Gasteiger partial charge in [0.25, 0.3) is 5.91 Å². The summed E-state index contributed by atoms with van der Waals surface area (Å²) in [7, 11) is 1.81. The van der Waals surface area contributed by atoms with Gasteiger partial charge in [0.15, 0.2) is 0 Å². The molecule has 0 radical (unpaired) electrons. The number of hydrogen-bond donors (Lipinski definition) is 2. The van der Waals surface area contributed by atoms with Gasteiger partial charge in [0.1, 0.15) is 5.69 Å². The summed E-state index contributed by atoms with van der Waals surface area (Å²) in [5.41, 5.74) is 1.26. The molecule has 0 spiro atoms. The summed E-state index contributed by atoms with van der Waals surface area (Å²) in [6, 6.07) is 4.86. The first-order valence-corrected chi connectivity index (χ1v) is 6.13. The summed E-state index contributed by atoms with van der Waals surface area (Å²) in [6.45, 7) is 0.373. The molecule has 0 fully saturated rings. The lowest BCUT2D eigenvalue weighted by atomic mass is 10.3. The molecule has 0 aliphatic rings. The van der Waals surface area contributed by atoms with Crippen molar-refractivity contribution in [2.24, 2.45) is 7.05 Å². The Balaban J connectivity index is 2.02. The van der Waals surface area contributed by atoms with Crippen molar-refractivity contribution in [2.75, 3.05) is 0 Å². The molecule has 94 valence electrons. The van der Waals surface area contributed by atoms with Crippen molar-refractivity contribution in [3.63, 3.8) is 0 Å². The zero-order chi connectivity index (χ0) is 13.1. The van der Waals surface area contributed by atoms with Crippen LogP contribution in [-0.4, -0.2) is 15.5 Å². The monoisotopic (exact) mass is 309 g/mol. The molecule has 6 heteroatoms. The molecule has 5 nitrogen and oxygen atoms in total. The summed E-state index contributed by atoms with van der Waals surface area (Å²) in [5.74, 6) is -0.158. The molecule has 2 aromatic rings. The fourth-order valence-corrected chi connectivity index (χ4v) is 2.10. The van der Waals surface area contributed by atoms with Crippen LogP contribution in [0.1, 0.15) is 16.1 Å². The molecule has 2 aromatic heterocycles. The van der Waals surface area contributed by atoms with Crippen LogP contribution >= 0.6 is 15.9 Å². The number of nitrogens with zero attached hydrogens (tertiary/aromatic N) is 1. The number of aromatic nitrogens is 2. The predicted molar refractivity (Wildman–Crippen MR) is 71.3 cm³/mol. The highest BCUT2D eigenvalue weighted by Gasteiger charge is 2.10. The molecule has 0 aliphatic heterocycles. The lowest BCUT2D eigenvalue weighted by molar-refractivity contribution is 0.0943. The highest BCUT2D eigenvalue weighted by Crippen LogP contribution is 2.13. The van der Waals surface area contributed by atoms with Crippen LogP contribution in [0.2, 0.25) is 0 Å². The van der Waals surface area contributed by atoms with E-state index in [1.165, 1.54) is 6.07 Å². The van der Waals surface area contributed by atoms with Crippen LogP contribution in [0, 0.1) is 0 Å². The highest BCUT2D eigenvalue weighted by atomic mass is 79.9. The van der Waals surface area contributed by atoms with Gasteiger partial charge in [-0.2, -0.15) is 0 Å². The number of aryl methyl sites for hydroxylation is 1. The van der Waals surface area contributed by atoms with Gasteiger partial charge >= 0.3 is 0 Å². The van der Waals surface area contributed by atoms with Gasteiger partial charge in [0.2, 0.25) is 5.56 Å². The van der Waals surface area contributed by atoms with E-state index in [1.54, 1.807) is 29.9 Å². The maximum Gasteiger partial charge on any atom is 0.268 e. The zero-order valence-corrected chi connectivity index (χ0v) is 11.3. The summed E-state index contributed by atoms with van der Waals surface area (Å²) >= 11 is 3.31. The van der Waals surface area contributed by atoms with Gasteiger partial charge in [-0.25, -0.2) is 0 Å². The predicted octanol–water partition coefficient (Wildman–Crippen LogP) is 1.41. The smallest absolute Gasteiger partial charge is 0.268 e. The Kier molecular flexibility index (Phi) is 3.66. The first-order chi connectivity index (χ1) is 8.56. The van der Waals surface area contributed by atoms with E-state index >= 15 is 0 Å². The van der Waals surface area contributed by atoms with Gasteiger partial charge in [0.05, 0.1) is 0 Å². The number of carbonyl (C=O) groups excluding carboxylic acids is 1. The van der Waals surface area contributed by atoms with Crippen molar-refractivity contribution >= 4 is 21.8 Å². The molecular formula is C12H12BrN3O2. The number of amides is 1. The largest absolute Gasteiger partial charge is 0.347 e. The van der Waals surface area contributed by atoms with Crippen molar-refractivity contribution in [1.29, 1.82) is 0 Å². The van der Waals surface area contributed by atoms with Crippen LogP contribution in [0.5, 0.6) is 0 Å². The molecule has 0 unspecified atom stereocenters. The maximum absolute atomic E-state index is 11.9. The van der Waals surface area contributed by atoms with Gasteiger partial charge < -0.3 is 14.9 Å². The minimum atomic E-state index is -0.158. The van der Waals surface area contributed by atoms with E-state index in [0.29, 0.717) is 12.2 Å². The number of hydrogen-bond acceptors (Lipinski definition) is 2. The summed E-state index contributed by atoms with van der Waals surface area (Å²) in [4.78, 5) is 25.3. The van der Waals surface area contributed by atoms with Crippen molar-refractivity contribution in [3.05, 3.63) is 56.7 Å². The SMILES string of the molecule is Cn1cc(Br)cc1C(=O)NCc1ccc(=O)[nH]c1. The van der Waals surface area contributed by atoms with Crippen LogP contribution in [0.4, 0.5) is 0 Å². The topological polar surface area (TPSA) is 66.9 Å². The Bertz CT molecular complexity index is 610. The fourth-order valence-electron chi connectivity index (χ4n) is 1.58. The molecule has 2 rings (SSSR count). The Morgan fingerprint density at radius 3 is 2.83 bits per heavy atom. The van der Waals surface area contributed by atoms with Gasteiger partial charge in [-0.15, -0.1) is 0 Å². The lowest BCUT2D eigenvalue weighted by Gasteiger charge is -2.05.